The first-order valence-electron chi connectivity index (χ1n) is 6.05. The SMILES string of the molecule is COc1cc(N)ccc1S(=O)Cc1ccc(F)c(C#N)c1. The Bertz CT molecular complexity index is 741. The van der Waals surface area contributed by atoms with Crippen LogP contribution in [0.1, 0.15) is 11.1 Å². The lowest BCUT2D eigenvalue weighted by atomic mass is 10.1. The molecule has 2 aromatic rings. The molecule has 21 heavy (non-hydrogen) atoms. The molecule has 2 N–H and O–H groups in total. The predicted octanol–water partition coefficient (Wildman–Crippen LogP) is 2.60. The molecule has 0 aliphatic heterocycles. The summed E-state index contributed by atoms with van der Waals surface area (Å²) < 4.78 is 30.8. The van der Waals surface area contributed by atoms with Crippen molar-refractivity contribution in [3.8, 4) is 11.8 Å². The first-order chi connectivity index (χ1) is 10.0. The number of ether oxygens (including phenoxy) is 1. The summed E-state index contributed by atoms with van der Waals surface area (Å²) in [6.45, 7) is 0. The maximum atomic E-state index is 13.3. The minimum Gasteiger partial charge on any atom is -0.495 e. The van der Waals surface area contributed by atoms with Crippen LogP contribution in [0, 0.1) is 17.1 Å². The number of halogens is 1. The number of nitriles is 1. The Morgan fingerprint density at radius 3 is 2.76 bits per heavy atom. The zero-order valence-electron chi connectivity index (χ0n) is 11.3. The summed E-state index contributed by atoms with van der Waals surface area (Å²) in [6.07, 6.45) is 0. The molecule has 4 nitrogen and oxygen atoms in total. The number of rotatable bonds is 4. The van der Waals surface area contributed by atoms with Gasteiger partial charge in [-0.05, 0) is 29.8 Å². The smallest absolute Gasteiger partial charge is 0.140 e. The van der Waals surface area contributed by atoms with Crippen LogP contribution in [0.4, 0.5) is 10.1 Å². The zero-order valence-corrected chi connectivity index (χ0v) is 12.1. The highest BCUT2D eigenvalue weighted by molar-refractivity contribution is 7.84. The monoisotopic (exact) mass is 304 g/mol. The number of nitrogens with two attached hydrogens (primary N) is 1. The quantitative estimate of drug-likeness (QED) is 0.881. The fourth-order valence-corrected chi connectivity index (χ4v) is 3.07. The summed E-state index contributed by atoms with van der Waals surface area (Å²) in [7, 11) is 0.0900. The topological polar surface area (TPSA) is 76.1 Å². The Kier molecular flexibility index (Phi) is 4.55. The molecular formula is C15H13FN2O2S. The molecule has 0 bridgehead atoms. The molecule has 1 unspecified atom stereocenters. The highest BCUT2D eigenvalue weighted by atomic mass is 32.2. The van der Waals surface area contributed by atoms with E-state index in [0.29, 0.717) is 21.9 Å². The number of hydrogen-bond acceptors (Lipinski definition) is 4. The van der Waals surface area contributed by atoms with E-state index in [4.69, 9.17) is 15.7 Å². The minimum absolute atomic E-state index is 0.0613. The summed E-state index contributed by atoms with van der Waals surface area (Å²) in [5, 5.41) is 8.81. The van der Waals surface area contributed by atoms with Crippen LogP contribution in [-0.4, -0.2) is 11.3 Å². The molecule has 0 amide bonds. The molecule has 6 heteroatoms. The van der Waals surface area contributed by atoms with Gasteiger partial charge in [0.25, 0.3) is 0 Å². The van der Waals surface area contributed by atoms with Gasteiger partial charge >= 0.3 is 0 Å². The van der Waals surface area contributed by atoms with Crippen molar-refractivity contribution in [3.63, 3.8) is 0 Å². The van der Waals surface area contributed by atoms with Crippen LogP contribution in [0.5, 0.6) is 5.75 Å². The number of anilines is 1. The van der Waals surface area contributed by atoms with Gasteiger partial charge in [0.1, 0.15) is 17.6 Å². The minimum atomic E-state index is -1.38. The lowest BCUT2D eigenvalue weighted by molar-refractivity contribution is 0.404. The molecule has 0 saturated heterocycles. The van der Waals surface area contributed by atoms with Crippen LogP contribution in [0.3, 0.4) is 0 Å². The summed E-state index contributed by atoms with van der Waals surface area (Å²) in [5.41, 5.74) is 6.72. The van der Waals surface area contributed by atoms with Crippen LogP contribution in [-0.2, 0) is 16.6 Å². The highest BCUT2D eigenvalue weighted by Gasteiger charge is 2.13. The first kappa shape index (κ1) is 15.0. The van der Waals surface area contributed by atoms with E-state index >= 15 is 0 Å². The van der Waals surface area contributed by atoms with Crippen LogP contribution in [0.15, 0.2) is 41.3 Å². The molecule has 0 heterocycles. The predicted molar refractivity (Wildman–Crippen MR) is 78.6 cm³/mol. The fraction of sp³-hybridized carbons (Fsp3) is 0.133. The molecule has 0 fully saturated rings. The number of nitrogens with zero attached hydrogens (tertiary/aromatic N) is 1. The van der Waals surface area contributed by atoms with Gasteiger partial charge in [0, 0.05) is 11.8 Å². The van der Waals surface area contributed by atoms with Gasteiger partial charge in [-0.25, -0.2) is 4.39 Å². The van der Waals surface area contributed by atoms with E-state index in [2.05, 4.69) is 0 Å². The standard InChI is InChI=1S/C15H13FN2O2S/c1-20-14-7-12(18)3-5-15(14)21(19)9-10-2-4-13(16)11(6-10)8-17/h2-7H,9,18H2,1H3. The van der Waals surface area contributed by atoms with Crippen molar-refractivity contribution >= 4 is 16.5 Å². The maximum absolute atomic E-state index is 13.3. The Hall–Kier alpha value is -2.39. The summed E-state index contributed by atoms with van der Waals surface area (Å²) in [4.78, 5) is 0.509. The third kappa shape index (κ3) is 3.38. The number of hydrogen-bond donors (Lipinski definition) is 1. The van der Waals surface area contributed by atoms with Crippen molar-refractivity contribution in [1.29, 1.82) is 5.26 Å². The third-order valence-electron chi connectivity index (χ3n) is 2.88. The lowest BCUT2D eigenvalue weighted by Crippen LogP contribution is -2.01. The average Bonchev–Trinajstić information content (AvgIpc) is 2.48. The Morgan fingerprint density at radius 1 is 1.33 bits per heavy atom. The van der Waals surface area contributed by atoms with E-state index in [1.165, 1.54) is 25.3 Å². The van der Waals surface area contributed by atoms with E-state index < -0.39 is 16.6 Å². The van der Waals surface area contributed by atoms with Gasteiger partial charge in [-0.2, -0.15) is 5.26 Å². The number of benzene rings is 2. The molecule has 2 aromatic carbocycles. The van der Waals surface area contributed by atoms with Crippen LogP contribution in [0.2, 0.25) is 0 Å². The van der Waals surface area contributed by atoms with Gasteiger partial charge in [0.15, 0.2) is 0 Å². The van der Waals surface area contributed by atoms with Gasteiger partial charge in [-0.3, -0.25) is 4.21 Å². The fourth-order valence-electron chi connectivity index (χ4n) is 1.85. The molecule has 1 atom stereocenters. The van der Waals surface area contributed by atoms with Gasteiger partial charge in [-0.15, -0.1) is 0 Å². The molecular weight excluding hydrogens is 291 g/mol. The molecule has 0 aliphatic carbocycles. The van der Waals surface area contributed by atoms with Crippen LogP contribution >= 0.6 is 0 Å². The third-order valence-corrected chi connectivity index (χ3v) is 4.31. The zero-order chi connectivity index (χ0) is 15.4. The van der Waals surface area contributed by atoms with E-state index in [1.54, 1.807) is 24.3 Å². The largest absolute Gasteiger partial charge is 0.495 e. The summed E-state index contributed by atoms with van der Waals surface area (Å²) >= 11 is 0. The molecule has 108 valence electrons. The van der Waals surface area contributed by atoms with Crippen molar-refractivity contribution in [2.45, 2.75) is 10.6 Å². The molecule has 0 aromatic heterocycles. The Labute approximate surface area is 124 Å². The van der Waals surface area contributed by atoms with Gasteiger partial charge in [0.05, 0.1) is 34.1 Å². The van der Waals surface area contributed by atoms with Crippen molar-refractivity contribution in [2.24, 2.45) is 0 Å². The van der Waals surface area contributed by atoms with Crippen LogP contribution in [0.25, 0.3) is 0 Å². The number of nitrogen functional groups attached to an aromatic ring is 1. The second kappa shape index (κ2) is 6.37. The molecule has 2 rings (SSSR count). The molecule has 0 saturated carbocycles. The van der Waals surface area contributed by atoms with Gasteiger partial charge < -0.3 is 10.5 Å². The van der Waals surface area contributed by atoms with E-state index in [0.717, 1.165) is 0 Å². The summed E-state index contributed by atoms with van der Waals surface area (Å²) in [5.74, 6) is 0.0166. The van der Waals surface area contributed by atoms with Gasteiger partial charge in [0.2, 0.25) is 0 Å². The van der Waals surface area contributed by atoms with Gasteiger partial charge in [-0.1, -0.05) is 6.07 Å². The molecule has 0 radical (unpaired) electrons. The average molecular weight is 304 g/mol. The number of methoxy groups -OCH3 is 1. The van der Waals surface area contributed by atoms with E-state index in [9.17, 15) is 8.60 Å². The van der Waals surface area contributed by atoms with Crippen molar-refractivity contribution in [2.75, 3.05) is 12.8 Å². The Balaban J connectivity index is 2.28. The highest BCUT2D eigenvalue weighted by Crippen LogP contribution is 2.26. The van der Waals surface area contributed by atoms with E-state index in [-0.39, 0.29) is 11.3 Å². The second-order valence-electron chi connectivity index (χ2n) is 4.33. The van der Waals surface area contributed by atoms with E-state index in [1.807, 2.05) is 0 Å². The van der Waals surface area contributed by atoms with Crippen molar-refractivity contribution in [1.82, 2.24) is 0 Å². The first-order valence-corrected chi connectivity index (χ1v) is 7.37. The molecule has 0 aliphatic rings. The maximum Gasteiger partial charge on any atom is 0.140 e. The Morgan fingerprint density at radius 2 is 2.10 bits per heavy atom. The normalized spacial score (nSPS) is 11.7. The van der Waals surface area contributed by atoms with Crippen molar-refractivity contribution < 1.29 is 13.3 Å². The lowest BCUT2D eigenvalue weighted by Gasteiger charge is -2.09. The van der Waals surface area contributed by atoms with Crippen molar-refractivity contribution in [3.05, 3.63) is 53.3 Å². The molecule has 0 spiro atoms. The van der Waals surface area contributed by atoms with Crippen LogP contribution < -0.4 is 10.5 Å². The summed E-state index contributed by atoms with van der Waals surface area (Å²) in [6, 6.07) is 10.7. The second-order valence-corrected chi connectivity index (χ2v) is 5.75.